The van der Waals surface area contributed by atoms with Gasteiger partial charge in [0.1, 0.15) is 5.82 Å². The van der Waals surface area contributed by atoms with Crippen LogP contribution in [0.3, 0.4) is 0 Å². The van der Waals surface area contributed by atoms with E-state index in [2.05, 4.69) is 23.9 Å². The third-order valence-electron chi connectivity index (χ3n) is 4.11. The molecule has 1 aliphatic rings. The Labute approximate surface area is 120 Å². The molecule has 1 fully saturated rings. The fourth-order valence-corrected chi connectivity index (χ4v) is 2.91. The molecule has 1 aromatic heterocycles. The van der Waals surface area contributed by atoms with Crippen LogP contribution in [0.5, 0.6) is 0 Å². The molecular formula is C16H22N2O2. The molecule has 0 bridgehead atoms. The molecule has 108 valence electrons. The van der Waals surface area contributed by atoms with Gasteiger partial charge in [-0.3, -0.25) is 0 Å². The lowest BCUT2D eigenvalue weighted by atomic mass is 9.85. The molecule has 0 aromatic carbocycles. The Kier molecular flexibility index (Phi) is 4.77. The monoisotopic (exact) mass is 274 g/mol. The zero-order chi connectivity index (χ0) is 14.5. The van der Waals surface area contributed by atoms with Gasteiger partial charge in [0.2, 0.25) is 0 Å². The lowest BCUT2D eigenvalue weighted by Crippen LogP contribution is -2.39. The van der Waals surface area contributed by atoms with Crippen LogP contribution in [-0.2, 0) is 4.79 Å². The highest BCUT2D eigenvalue weighted by Gasteiger charge is 2.25. The number of aromatic nitrogens is 1. The van der Waals surface area contributed by atoms with Crippen LogP contribution in [0.1, 0.15) is 38.2 Å². The minimum absolute atomic E-state index is 0.552. The van der Waals surface area contributed by atoms with E-state index in [4.69, 9.17) is 5.11 Å². The highest BCUT2D eigenvalue weighted by Crippen LogP contribution is 2.29. The van der Waals surface area contributed by atoms with Crippen molar-refractivity contribution in [3.8, 4) is 0 Å². The van der Waals surface area contributed by atoms with Gasteiger partial charge in [0.25, 0.3) is 0 Å². The van der Waals surface area contributed by atoms with E-state index in [0.717, 1.165) is 17.5 Å². The minimum Gasteiger partial charge on any atom is -0.478 e. The molecule has 2 unspecified atom stereocenters. The van der Waals surface area contributed by atoms with Crippen LogP contribution in [0, 0.1) is 5.92 Å². The van der Waals surface area contributed by atoms with Crippen LogP contribution in [0.2, 0.25) is 0 Å². The summed E-state index contributed by atoms with van der Waals surface area (Å²) >= 11 is 0. The van der Waals surface area contributed by atoms with Crippen molar-refractivity contribution in [1.29, 1.82) is 0 Å². The van der Waals surface area contributed by atoms with Crippen molar-refractivity contribution < 1.29 is 9.90 Å². The van der Waals surface area contributed by atoms with Crippen molar-refractivity contribution in [2.24, 2.45) is 5.92 Å². The van der Waals surface area contributed by atoms with E-state index >= 15 is 0 Å². The van der Waals surface area contributed by atoms with Crippen molar-refractivity contribution in [3.63, 3.8) is 0 Å². The summed E-state index contributed by atoms with van der Waals surface area (Å²) in [5.41, 5.74) is 0.807. The van der Waals surface area contributed by atoms with Gasteiger partial charge in [0.15, 0.2) is 0 Å². The standard InChI is InChI=1S/C16H22N2O2/c1-12-5-3-4-6-14(12)18(2)15-9-7-13(11-17-15)8-10-16(19)20/h7-12,14H,3-6H2,1-2H3,(H,19,20)/b10-8+. The zero-order valence-electron chi connectivity index (χ0n) is 12.1. The normalized spacial score (nSPS) is 22.9. The van der Waals surface area contributed by atoms with Gasteiger partial charge in [-0.1, -0.05) is 19.8 Å². The summed E-state index contributed by atoms with van der Waals surface area (Å²) in [5.74, 6) is 0.709. The van der Waals surface area contributed by atoms with Crippen LogP contribution in [0.25, 0.3) is 6.08 Å². The van der Waals surface area contributed by atoms with Gasteiger partial charge in [-0.2, -0.15) is 0 Å². The molecule has 4 nitrogen and oxygen atoms in total. The molecule has 0 aliphatic heterocycles. The lowest BCUT2D eigenvalue weighted by Gasteiger charge is -2.37. The largest absolute Gasteiger partial charge is 0.478 e. The van der Waals surface area contributed by atoms with Gasteiger partial charge in [0, 0.05) is 25.4 Å². The minimum atomic E-state index is -0.942. The maximum absolute atomic E-state index is 10.5. The molecular weight excluding hydrogens is 252 g/mol. The molecule has 1 aliphatic carbocycles. The smallest absolute Gasteiger partial charge is 0.328 e. The molecule has 0 spiro atoms. The molecule has 0 amide bonds. The summed E-state index contributed by atoms with van der Waals surface area (Å²) in [6.07, 6.45) is 9.54. The van der Waals surface area contributed by atoms with Gasteiger partial charge in [-0.25, -0.2) is 9.78 Å². The van der Waals surface area contributed by atoms with Crippen molar-refractivity contribution in [2.45, 2.75) is 38.6 Å². The summed E-state index contributed by atoms with van der Waals surface area (Å²) < 4.78 is 0. The van der Waals surface area contributed by atoms with Crippen LogP contribution >= 0.6 is 0 Å². The maximum atomic E-state index is 10.5. The molecule has 4 heteroatoms. The second kappa shape index (κ2) is 6.55. The molecule has 1 saturated carbocycles. The number of rotatable bonds is 4. The molecule has 1 N–H and O–H groups in total. The first-order valence-corrected chi connectivity index (χ1v) is 7.18. The van der Waals surface area contributed by atoms with Gasteiger partial charge in [-0.05, 0) is 42.5 Å². The Morgan fingerprint density at radius 3 is 2.75 bits per heavy atom. The van der Waals surface area contributed by atoms with E-state index < -0.39 is 5.97 Å². The molecule has 2 rings (SSSR count). The quantitative estimate of drug-likeness (QED) is 0.857. The van der Waals surface area contributed by atoms with Gasteiger partial charge in [-0.15, -0.1) is 0 Å². The molecule has 2 atom stereocenters. The van der Waals surface area contributed by atoms with Crippen molar-refractivity contribution in [1.82, 2.24) is 4.98 Å². The number of carboxylic acid groups (broad SMARTS) is 1. The topological polar surface area (TPSA) is 53.4 Å². The van der Waals surface area contributed by atoms with Gasteiger partial charge in [0.05, 0.1) is 0 Å². The number of carbonyl (C=O) groups is 1. The highest BCUT2D eigenvalue weighted by molar-refractivity contribution is 5.85. The average molecular weight is 274 g/mol. The summed E-state index contributed by atoms with van der Waals surface area (Å²) in [5, 5.41) is 8.60. The van der Waals surface area contributed by atoms with E-state index in [0.29, 0.717) is 12.0 Å². The summed E-state index contributed by atoms with van der Waals surface area (Å²) in [6, 6.07) is 4.42. The average Bonchev–Trinajstić information content (AvgIpc) is 2.45. The van der Waals surface area contributed by atoms with Crippen molar-refractivity contribution >= 4 is 17.9 Å². The summed E-state index contributed by atoms with van der Waals surface area (Å²) in [7, 11) is 2.10. The first-order chi connectivity index (χ1) is 9.58. The Hall–Kier alpha value is -1.84. The van der Waals surface area contributed by atoms with E-state index in [1.165, 1.54) is 25.7 Å². The molecule has 1 heterocycles. The fourth-order valence-electron chi connectivity index (χ4n) is 2.91. The van der Waals surface area contributed by atoms with Crippen molar-refractivity contribution in [2.75, 3.05) is 11.9 Å². The summed E-state index contributed by atoms with van der Waals surface area (Å²) in [6.45, 7) is 2.31. The molecule has 0 radical (unpaired) electrons. The Balaban J connectivity index is 2.07. The first kappa shape index (κ1) is 14.6. The number of nitrogens with zero attached hydrogens (tertiary/aromatic N) is 2. The van der Waals surface area contributed by atoms with E-state index in [1.54, 1.807) is 12.3 Å². The third-order valence-corrected chi connectivity index (χ3v) is 4.11. The number of pyridine rings is 1. The predicted octanol–water partition coefficient (Wildman–Crippen LogP) is 3.19. The second-order valence-corrected chi connectivity index (χ2v) is 5.56. The van der Waals surface area contributed by atoms with E-state index in [-0.39, 0.29) is 0 Å². The van der Waals surface area contributed by atoms with E-state index in [1.807, 2.05) is 12.1 Å². The van der Waals surface area contributed by atoms with Crippen molar-refractivity contribution in [3.05, 3.63) is 30.0 Å². The Morgan fingerprint density at radius 1 is 1.40 bits per heavy atom. The number of anilines is 1. The Bertz CT molecular complexity index is 482. The predicted molar refractivity (Wildman–Crippen MR) is 80.7 cm³/mol. The van der Waals surface area contributed by atoms with Crippen LogP contribution in [0.15, 0.2) is 24.4 Å². The second-order valence-electron chi connectivity index (χ2n) is 5.56. The van der Waals surface area contributed by atoms with Crippen LogP contribution in [0.4, 0.5) is 5.82 Å². The van der Waals surface area contributed by atoms with Crippen LogP contribution in [-0.4, -0.2) is 29.1 Å². The molecule has 20 heavy (non-hydrogen) atoms. The van der Waals surface area contributed by atoms with Gasteiger partial charge >= 0.3 is 5.97 Å². The third kappa shape index (κ3) is 3.59. The number of aliphatic carboxylic acids is 1. The van der Waals surface area contributed by atoms with Crippen LogP contribution < -0.4 is 4.90 Å². The number of carboxylic acids is 1. The first-order valence-electron chi connectivity index (χ1n) is 7.18. The number of hydrogen-bond acceptors (Lipinski definition) is 3. The Morgan fingerprint density at radius 2 is 2.15 bits per heavy atom. The molecule has 0 saturated heterocycles. The van der Waals surface area contributed by atoms with E-state index in [9.17, 15) is 4.79 Å². The summed E-state index contributed by atoms with van der Waals surface area (Å²) in [4.78, 5) is 17.2. The SMILES string of the molecule is CC1CCCCC1N(C)c1ccc(/C=C/C(=O)O)cn1. The lowest BCUT2D eigenvalue weighted by molar-refractivity contribution is -0.131. The fraction of sp³-hybridized carbons (Fsp3) is 0.500. The maximum Gasteiger partial charge on any atom is 0.328 e. The number of hydrogen-bond donors (Lipinski definition) is 1. The molecule has 1 aromatic rings. The van der Waals surface area contributed by atoms with Gasteiger partial charge < -0.3 is 10.0 Å². The highest BCUT2D eigenvalue weighted by atomic mass is 16.4. The zero-order valence-corrected chi connectivity index (χ0v) is 12.1.